The molecule has 2 rings (SSSR count). The van der Waals surface area contributed by atoms with Crippen LogP contribution < -0.4 is 0 Å². The van der Waals surface area contributed by atoms with Crippen molar-refractivity contribution in [3.63, 3.8) is 0 Å². The number of carbonyl (C=O) groups is 3. The lowest BCUT2D eigenvalue weighted by atomic mass is 10.1. The van der Waals surface area contributed by atoms with Crippen LogP contribution in [0.3, 0.4) is 0 Å². The summed E-state index contributed by atoms with van der Waals surface area (Å²) in [5.41, 5.74) is 0.849. The van der Waals surface area contributed by atoms with E-state index in [0.29, 0.717) is 17.4 Å². The van der Waals surface area contributed by atoms with Gasteiger partial charge in [-0.25, -0.2) is 0 Å². The van der Waals surface area contributed by atoms with Crippen molar-refractivity contribution in [2.45, 2.75) is 33.5 Å². The molecule has 0 aromatic heterocycles. The number of carbonyl (C=O) groups excluding carboxylic acids is 3. The van der Waals surface area contributed by atoms with Crippen molar-refractivity contribution in [2.75, 3.05) is 19.8 Å². The van der Waals surface area contributed by atoms with E-state index in [0.717, 1.165) is 18.1 Å². The topological polar surface area (TPSA) is 72.9 Å². The maximum Gasteiger partial charge on any atom is 0.261 e. The van der Waals surface area contributed by atoms with Crippen LogP contribution in [0.15, 0.2) is 24.3 Å². The largest absolute Gasteiger partial charge is 0.353 e. The molecule has 1 aliphatic heterocycles. The molecule has 126 valence electrons. The van der Waals surface area contributed by atoms with Crippen molar-refractivity contribution in [1.82, 2.24) is 4.90 Å². The van der Waals surface area contributed by atoms with Gasteiger partial charge >= 0.3 is 0 Å². The maximum absolute atomic E-state index is 11.7. The Morgan fingerprint density at radius 1 is 1.04 bits per heavy atom. The molecule has 1 aromatic carbocycles. The third-order valence-corrected chi connectivity index (χ3v) is 3.15. The molecule has 23 heavy (non-hydrogen) atoms. The monoisotopic (exact) mass is 321 g/mol. The minimum atomic E-state index is -0.308. The lowest BCUT2D eigenvalue weighted by Crippen LogP contribution is -2.30. The smallest absolute Gasteiger partial charge is 0.261 e. The Bertz CT molecular complexity index is 503. The van der Waals surface area contributed by atoms with Crippen LogP contribution in [0, 0.1) is 0 Å². The fourth-order valence-corrected chi connectivity index (χ4v) is 2.14. The summed E-state index contributed by atoms with van der Waals surface area (Å²) in [5.74, 6) is -0.616. The van der Waals surface area contributed by atoms with E-state index in [1.165, 1.54) is 0 Å². The van der Waals surface area contributed by atoms with Crippen LogP contribution in [0.25, 0.3) is 0 Å². The number of amides is 2. The van der Waals surface area contributed by atoms with E-state index in [2.05, 4.69) is 0 Å². The summed E-state index contributed by atoms with van der Waals surface area (Å²) in [6, 6.07) is 6.67. The minimum Gasteiger partial charge on any atom is -0.353 e. The van der Waals surface area contributed by atoms with Gasteiger partial charge in [-0.2, -0.15) is 0 Å². The van der Waals surface area contributed by atoms with Crippen molar-refractivity contribution in [1.29, 1.82) is 0 Å². The molecule has 1 aliphatic rings. The molecule has 0 saturated heterocycles. The summed E-state index contributed by atoms with van der Waals surface area (Å²) in [6.07, 6.45) is 0.847. The third-order valence-electron chi connectivity index (χ3n) is 3.15. The van der Waals surface area contributed by atoms with Crippen molar-refractivity contribution >= 4 is 18.1 Å². The zero-order valence-electron chi connectivity index (χ0n) is 13.8. The van der Waals surface area contributed by atoms with E-state index in [9.17, 15) is 14.4 Å². The Morgan fingerprint density at radius 3 is 1.91 bits per heavy atom. The van der Waals surface area contributed by atoms with Crippen LogP contribution in [0.4, 0.5) is 0 Å². The first kappa shape index (κ1) is 19.0. The SMILES string of the molecule is CCOC(C)OCC.O=CCCN1C(=O)c2ccccc2C1=O. The highest BCUT2D eigenvalue weighted by atomic mass is 16.7. The van der Waals surface area contributed by atoms with Crippen LogP contribution in [-0.4, -0.2) is 49.0 Å². The van der Waals surface area contributed by atoms with Crippen LogP contribution in [0.2, 0.25) is 0 Å². The molecule has 0 radical (unpaired) electrons. The molecular formula is C17H23NO5. The van der Waals surface area contributed by atoms with Gasteiger partial charge in [-0.1, -0.05) is 12.1 Å². The minimum absolute atomic E-state index is 0.0370. The van der Waals surface area contributed by atoms with E-state index >= 15 is 0 Å². The van der Waals surface area contributed by atoms with Gasteiger partial charge in [0.15, 0.2) is 6.29 Å². The van der Waals surface area contributed by atoms with Gasteiger partial charge in [0.25, 0.3) is 11.8 Å². The van der Waals surface area contributed by atoms with Gasteiger partial charge in [0.05, 0.1) is 11.1 Å². The van der Waals surface area contributed by atoms with Crippen molar-refractivity contribution in [3.05, 3.63) is 35.4 Å². The van der Waals surface area contributed by atoms with Crippen molar-refractivity contribution in [2.24, 2.45) is 0 Å². The van der Waals surface area contributed by atoms with Gasteiger partial charge in [0.1, 0.15) is 6.29 Å². The molecule has 1 heterocycles. The number of benzene rings is 1. The summed E-state index contributed by atoms with van der Waals surface area (Å²) in [5, 5.41) is 0. The fraction of sp³-hybridized carbons (Fsp3) is 0.471. The van der Waals surface area contributed by atoms with E-state index in [1.54, 1.807) is 24.3 Å². The number of imide groups is 1. The van der Waals surface area contributed by atoms with Crippen LogP contribution in [0.1, 0.15) is 47.9 Å². The van der Waals surface area contributed by atoms with Crippen LogP contribution >= 0.6 is 0 Å². The maximum atomic E-state index is 11.7. The predicted octanol–water partition coefficient (Wildman–Crippen LogP) is 2.28. The van der Waals surface area contributed by atoms with E-state index < -0.39 is 0 Å². The van der Waals surface area contributed by atoms with Crippen molar-refractivity contribution < 1.29 is 23.9 Å². The predicted molar refractivity (Wildman–Crippen MR) is 85.2 cm³/mol. The number of aldehydes is 1. The van der Waals surface area contributed by atoms with Gasteiger partial charge in [-0.15, -0.1) is 0 Å². The van der Waals surface area contributed by atoms with E-state index in [1.807, 2.05) is 20.8 Å². The van der Waals surface area contributed by atoms with Gasteiger partial charge < -0.3 is 14.3 Å². The second-order valence-electron chi connectivity index (χ2n) is 4.74. The summed E-state index contributed by atoms with van der Waals surface area (Å²) in [7, 11) is 0. The van der Waals surface area contributed by atoms with E-state index in [4.69, 9.17) is 9.47 Å². The summed E-state index contributed by atoms with van der Waals surface area (Å²) in [4.78, 5) is 34.7. The average Bonchev–Trinajstić information content (AvgIpc) is 2.79. The summed E-state index contributed by atoms with van der Waals surface area (Å²) >= 11 is 0. The average molecular weight is 321 g/mol. The Labute approximate surface area is 136 Å². The van der Waals surface area contributed by atoms with Crippen molar-refractivity contribution in [3.8, 4) is 0 Å². The number of hydrogen-bond donors (Lipinski definition) is 0. The quantitative estimate of drug-likeness (QED) is 0.437. The lowest BCUT2D eigenvalue weighted by molar-refractivity contribution is -0.123. The first-order valence-electron chi connectivity index (χ1n) is 7.68. The van der Waals surface area contributed by atoms with Crippen LogP contribution in [0.5, 0.6) is 0 Å². The molecular weight excluding hydrogens is 298 g/mol. The Balaban J connectivity index is 0.000000284. The molecule has 0 bridgehead atoms. The molecule has 0 saturated carbocycles. The number of fused-ring (bicyclic) bond motifs is 1. The summed E-state index contributed by atoms with van der Waals surface area (Å²) in [6.45, 7) is 7.41. The molecule has 0 N–H and O–H groups in total. The Kier molecular flexibility index (Phi) is 8.15. The molecule has 1 aromatic rings. The Hall–Kier alpha value is -2.05. The number of ether oxygens (including phenoxy) is 2. The second-order valence-corrected chi connectivity index (χ2v) is 4.74. The third kappa shape index (κ3) is 5.26. The normalized spacial score (nSPS) is 13.0. The Morgan fingerprint density at radius 2 is 1.52 bits per heavy atom. The first-order chi connectivity index (χ1) is 11.1. The molecule has 6 nitrogen and oxygen atoms in total. The molecule has 0 atom stereocenters. The molecule has 2 amide bonds. The molecule has 0 aliphatic carbocycles. The van der Waals surface area contributed by atoms with Gasteiger partial charge in [-0.3, -0.25) is 14.5 Å². The summed E-state index contributed by atoms with van der Waals surface area (Å²) < 4.78 is 10.1. The molecule has 0 unspecified atom stereocenters. The number of rotatable bonds is 7. The second kappa shape index (κ2) is 9.86. The number of hydrogen-bond acceptors (Lipinski definition) is 5. The molecule has 0 fully saturated rings. The molecule has 0 spiro atoms. The highest BCUT2D eigenvalue weighted by Gasteiger charge is 2.34. The van der Waals surface area contributed by atoms with Gasteiger partial charge in [-0.05, 0) is 32.9 Å². The highest BCUT2D eigenvalue weighted by molar-refractivity contribution is 6.21. The van der Waals surface area contributed by atoms with Gasteiger partial charge in [0, 0.05) is 26.2 Å². The fourth-order valence-electron chi connectivity index (χ4n) is 2.14. The zero-order chi connectivity index (χ0) is 17.2. The zero-order valence-corrected chi connectivity index (χ0v) is 13.8. The van der Waals surface area contributed by atoms with Gasteiger partial charge in [0.2, 0.25) is 0 Å². The van der Waals surface area contributed by atoms with Crippen LogP contribution in [-0.2, 0) is 14.3 Å². The molecule has 6 heteroatoms. The van der Waals surface area contributed by atoms with E-state index in [-0.39, 0.29) is 31.1 Å². The first-order valence-corrected chi connectivity index (χ1v) is 7.68. The highest BCUT2D eigenvalue weighted by Crippen LogP contribution is 2.22. The number of nitrogens with zero attached hydrogens (tertiary/aromatic N) is 1. The lowest BCUT2D eigenvalue weighted by Gasteiger charge is -2.10. The standard InChI is InChI=1S/C11H9NO3.C6H14O2/c13-7-3-6-12-10(14)8-4-1-2-5-9(8)11(12)15;1-4-7-6(3)8-5-2/h1-2,4-5,7H,3,6H2;6H,4-5H2,1-3H3.